The number of rotatable bonds is 5. The highest BCUT2D eigenvalue weighted by molar-refractivity contribution is 5.79. The lowest BCUT2D eigenvalue weighted by atomic mass is 9.66. The topological polar surface area (TPSA) is 152 Å². The number of carbonyl (C=O) groups excluding carboxylic acids is 1. The third kappa shape index (κ3) is 4.27. The minimum absolute atomic E-state index is 0.0548. The molecule has 12 nitrogen and oxygen atoms in total. The van der Waals surface area contributed by atoms with Crippen LogP contribution in [-0.2, 0) is 23.7 Å². The minimum Gasteiger partial charge on any atom is -0.502 e. The highest BCUT2D eigenvalue weighted by Crippen LogP contribution is 2.57. The zero-order chi connectivity index (χ0) is 29.3. The quantitative estimate of drug-likeness (QED) is 0.440. The zero-order valence-corrected chi connectivity index (χ0v) is 23.4. The lowest BCUT2D eigenvalue weighted by molar-refractivity contribution is -0.289. The van der Waals surface area contributed by atoms with Gasteiger partial charge in [0.1, 0.15) is 12.2 Å². The number of fused-ring (bicyclic) bond motifs is 4. The number of aromatic hydroxyl groups is 1. The van der Waals surface area contributed by atoms with E-state index in [-0.39, 0.29) is 42.5 Å². The van der Waals surface area contributed by atoms with Gasteiger partial charge in [0.15, 0.2) is 29.3 Å². The van der Waals surface area contributed by atoms with Crippen molar-refractivity contribution in [2.45, 2.75) is 56.1 Å². The molecule has 3 aliphatic heterocycles. The van der Waals surface area contributed by atoms with E-state index in [0.29, 0.717) is 30.1 Å². The van der Waals surface area contributed by atoms with Crippen LogP contribution in [0.4, 0.5) is 0 Å². The Kier molecular flexibility index (Phi) is 6.86. The van der Waals surface area contributed by atoms with Crippen LogP contribution in [0.15, 0.2) is 24.3 Å². The van der Waals surface area contributed by atoms with E-state index in [1.54, 1.807) is 19.1 Å². The summed E-state index contributed by atoms with van der Waals surface area (Å²) in [5, 5.41) is 32.7. The summed E-state index contributed by atoms with van der Waals surface area (Å²) in [5.41, 5.74) is 2.18. The molecule has 7 rings (SSSR count). The number of aliphatic hydroxyl groups is 2. The lowest BCUT2D eigenvalue weighted by Gasteiger charge is -2.48. The molecule has 12 heteroatoms. The Morgan fingerprint density at radius 2 is 1.60 bits per heavy atom. The largest absolute Gasteiger partial charge is 0.502 e. The first-order chi connectivity index (χ1) is 20.3. The van der Waals surface area contributed by atoms with Gasteiger partial charge in [-0.1, -0.05) is 0 Å². The first kappa shape index (κ1) is 27.5. The molecule has 0 unspecified atom stereocenters. The fourth-order valence-electron chi connectivity index (χ4n) is 7.24. The van der Waals surface area contributed by atoms with Crippen molar-refractivity contribution in [1.82, 2.24) is 0 Å². The summed E-state index contributed by atoms with van der Waals surface area (Å²) in [5.74, 6) is -0.854. The van der Waals surface area contributed by atoms with Crippen LogP contribution in [0, 0.1) is 17.8 Å². The van der Waals surface area contributed by atoms with Crippen molar-refractivity contribution in [1.29, 1.82) is 0 Å². The average molecular weight is 587 g/mol. The van der Waals surface area contributed by atoms with Crippen LogP contribution >= 0.6 is 0 Å². The Morgan fingerprint density at radius 1 is 0.905 bits per heavy atom. The molecule has 1 saturated carbocycles. The molecule has 5 aliphatic rings. The molecule has 226 valence electrons. The predicted molar refractivity (Wildman–Crippen MR) is 142 cm³/mol. The van der Waals surface area contributed by atoms with Gasteiger partial charge in [-0.15, -0.1) is 0 Å². The van der Waals surface area contributed by atoms with Gasteiger partial charge in [0.25, 0.3) is 0 Å². The summed E-state index contributed by atoms with van der Waals surface area (Å²) in [4.78, 5) is 13.4. The van der Waals surface area contributed by atoms with Crippen molar-refractivity contribution in [2.75, 3.05) is 34.2 Å². The van der Waals surface area contributed by atoms with Gasteiger partial charge in [-0.25, -0.2) is 0 Å². The molecule has 2 aromatic carbocycles. The summed E-state index contributed by atoms with van der Waals surface area (Å²) in [6, 6.07) is 7.07. The summed E-state index contributed by atoms with van der Waals surface area (Å²) in [6.07, 6.45) is -4.45. The first-order valence-corrected chi connectivity index (χ1v) is 14.1. The van der Waals surface area contributed by atoms with Gasteiger partial charge in [0, 0.05) is 17.8 Å². The molecule has 2 saturated heterocycles. The number of phenolic OH excluding ortho intramolecular Hbond substituents is 1. The van der Waals surface area contributed by atoms with Crippen molar-refractivity contribution < 1.29 is 58.0 Å². The summed E-state index contributed by atoms with van der Waals surface area (Å²) < 4.78 is 46.1. The molecule has 0 aromatic heterocycles. The number of hydrogen-bond acceptors (Lipinski definition) is 12. The van der Waals surface area contributed by atoms with Crippen LogP contribution < -0.4 is 18.9 Å². The second-order valence-electron chi connectivity index (χ2n) is 11.5. The van der Waals surface area contributed by atoms with E-state index in [4.69, 9.17) is 37.9 Å². The average Bonchev–Trinajstić information content (AvgIpc) is 3.61. The van der Waals surface area contributed by atoms with E-state index in [2.05, 4.69) is 0 Å². The Bertz CT molecular complexity index is 1350. The molecule has 0 bridgehead atoms. The number of benzene rings is 2. The van der Waals surface area contributed by atoms with Crippen molar-refractivity contribution in [3.8, 4) is 28.7 Å². The summed E-state index contributed by atoms with van der Waals surface area (Å²) >= 11 is 0. The molecule has 0 amide bonds. The van der Waals surface area contributed by atoms with Crippen LogP contribution in [0.3, 0.4) is 0 Å². The van der Waals surface area contributed by atoms with Crippen LogP contribution in [-0.4, -0.2) is 86.2 Å². The third-order valence-electron chi connectivity index (χ3n) is 9.26. The number of cyclic esters (lactones) is 1. The van der Waals surface area contributed by atoms with Crippen molar-refractivity contribution in [3.63, 3.8) is 0 Å². The molecule has 10 atom stereocenters. The number of esters is 1. The molecule has 3 heterocycles. The van der Waals surface area contributed by atoms with Crippen LogP contribution in [0.5, 0.6) is 28.7 Å². The lowest BCUT2D eigenvalue weighted by Crippen LogP contribution is -2.59. The van der Waals surface area contributed by atoms with Gasteiger partial charge in [0.2, 0.25) is 12.5 Å². The number of carbonyl (C=O) groups is 1. The van der Waals surface area contributed by atoms with E-state index in [1.807, 2.05) is 12.1 Å². The highest BCUT2D eigenvalue weighted by Gasteiger charge is 2.55. The molecular weight excluding hydrogens is 552 g/mol. The molecular formula is C30H34O12. The standard InChI is InChI=1S/C30H34O12/c1-12-37-9-14-6-22(26(32)27(33)28(14)41-12)42-29-16-8-19-18(39-11-40-19)7-15(16)23(24-17(29)10-38-30(24)34)13-4-20(35-2)25(31)21(5-13)36-3/h4-5,7-8,12,14,17,22-24,26-29,31-33H,6,9-11H2,1-3H3/t12-,14-,17+,22-,23-,24+,26+,27-,28-,29-/m1/s1. The molecule has 2 aliphatic carbocycles. The Morgan fingerprint density at radius 3 is 2.29 bits per heavy atom. The molecule has 3 N–H and O–H groups in total. The van der Waals surface area contributed by atoms with Gasteiger partial charge in [-0.2, -0.15) is 0 Å². The predicted octanol–water partition coefficient (Wildman–Crippen LogP) is 2.00. The number of phenols is 1. The molecule has 3 fully saturated rings. The maximum atomic E-state index is 13.4. The maximum Gasteiger partial charge on any atom is 0.310 e. The van der Waals surface area contributed by atoms with E-state index < -0.39 is 54.6 Å². The van der Waals surface area contributed by atoms with Gasteiger partial charge in [0.05, 0.1) is 51.7 Å². The van der Waals surface area contributed by atoms with E-state index in [0.717, 1.165) is 11.1 Å². The first-order valence-electron chi connectivity index (χ1n) is 14.1. The Labute approximate surface area is 241 Å². The van der Waals surface area contributed by atoms with Crippen molar-refractivity contribution in [3.05, 3.63) is 41.0 Å². The van der Waals surface area contributed by atoms with Gasteiger partial charge in [-0.05, 0) is 54.3 Å². The number of methoxy groups -OCH3 is 2. The molecule has 0 spiro atoms. The number of aliphatic hydroxyl groups excluding tert-OH is 2. The highest BCUT2D eigenvalue weighted by atomic mass is 16.7. The second kappa shape index (κ2) is 10.5. The van der Waals surface area contributed by atoms with Crippen molar-refractivity contribution in [2.24, 2.45) is 17.8 Å². The fraction of sp³-hybridized carbons (Fsp3) is 0.567. The second-order valence-corrected chi connectivity index (χ2v) is 11.5. The van der Waals surface area contributed by atoms with E-state index in [1.165, 1.54) is 14.2 Å². The monoisotopic (exact) mass is 586 g/mol. The van der Waals surface area contributed by atoms with Crippen molar-refractivity contribution >= 4 is 5.97 Å². The number of ether oxygens (including phenoxy) is 8. The smallest absolute Gasteiger partial charge is 0.310 e. The SMILES string of the molecule is COc1cc([C@@H]2c3cc4c(cc3[C@@H](O[C@@H]3C[C@@H]5CO[C@@H](C)O[C@H]5[C@H](O)[C@H]3O)[C@H]3COC(=O)[C@H]23)OCO4)cc(OC)c1O. The Balaban J connectivity index is 1.32. The van der Waals surface area contributed by atoms with Crippen LogP contribution in [0.25, 0.3) is 0 Å². The fourth-order valence-corrected chi connectivity index (χ4v) is 7.24. The van der Waals surface area contributed by atoms with Crippen LogP contribution in [0.1, 0.15) is 42.1 Å². The number of hydrogen-bond donors (Lipinski definition) is 3. The minimum atomic E-state index is -1.21. The summed E-state index contributed by atoms with van der Waals surface area (Å²) in [7, 11) is 2.89. The Hall–Kier alpha value is -3.29. The molecule has 2 aromatic rings. The zero-order valence-electron chi connectivity index (χ0n) is 23.4. The van der Waals surface area contributed by atoms with E-state index >= 15 is 0 Å². The molecule has 42 heavy (non-hydrogen) atoms. The summed E-state index contributed by atoms with van der Waals surface area (Å²) in [6.45, 7) is 2.29. The van der Waals surface area contributed by atoms with Gasteiger partial charge >= 0.3 is 5.97 Å². The van der Waals surface area contributed by atoms with Gasteiger partial charge in [-0.3, -0.25) is 4.79 Å². The van der Waals surface area contributed by atoms with Crippen LogP contribution in [0.2, 0.25) is 0 Å². The third-order valence-corrected chi connectivity index (χ3v) is 9.26. The van der Waals surface area contributed by atoms with E-state index in [9.17, 15) is 20.1 Å². The van der Waals surface area contributed by atoms with Gasteiger partial charge < -0.3 is 53.2 Å². The normalized spacial score (nSPS) is 36.5. The molecule has 0 radical (unpaired) electrons. The maximum absolute atomic E-state index is 13.4.